The number of carbonyl (C=O) groups excluding carboxylic acids is 1. The van der Waals surface area contributed by atoms with Gasteiger partial charge in [-0.3, -0.25) is 4.79 Å². The monoisotopic (exact) mass is 309 g/mol. The highest BCUT2D eigenvalue weighted by molar-refractivity contribution is 6.31. The summed E-state index contributed by atoms with van der Waals surface area (Å²) in [5.74, 6) is 0.448. The van der Waals surface area contributed by atoms with Gasteiger partial charge in [-0.05, 0) is 54.9 Å². The van der Waals surface area contributed by atoms with E-state index < -0.39 is 0 Å². The maximum Gasteiger partial charge on any atom is 0.166 e. The Morgan fingerprint density at radius 2 is 1.70 bits per heavy atom. The Morgan fingerprint density at radius 1 is 1.05 bits per heavy atom. The molecule has 106 valence electrons. The van der Waals surface area contributed by atoms with Gasteiger partial charge >= 0.3 is 0 Å². The highest BCUT2D eigenvalue weighted by atomic mass is 35.5. The smallest absolute Gasteiger partial charge is 0.166 e. The number of ketones is 1. The molecule has 1 aliphatic heterocycles. The van der Waals surface area contributed by atoms with Crippen molar-refractivity contribution in [3.8, 4) is 0 Å². The summed E-state index contributed by atoms with van der Waals surface area (Å²) >= 11 is 5.97. The first-order chi connectivity index (χ1) is 9.24. The number of halogens is 2. The van der Waals surface area contributed by atoms with Gasteiger partial charge in [-0.2, -0.15) is 0 Å². The van der Waals surface area contributed by atoms with Crippen LogP contribution in [-0.2, 0) is 0 Å². The summed E-state index contributed by atoms with van der Waals surface area (Å²) in [6.45, 7) is 1.89. The second kappa shape index (κ2) is 6.57. The van der Waals surface area contributed by atoms with Crippen LogP contribution in [0.1, 0.15) is 23.2 Å². The quantitative estimate of drug-likeness (QED) is 0.846. The highest BCUT2D eigenvalue weighted by Crippen LogP contribution is 2.24. The van der Waals surface area contributed by atoms with Gasteiger partial charge in [0.1, 0.15) is 0 Å². The van der Waals surface area contributed by atoms with Crippen LogP contribution in [0.25, 0.3) is 10.8 Å². The lowest BCUT2D eigenvalue weighted by molar-refractivity contribution is 0.0895. The lowest BCUT2D eigenvalue weighted by Crippen LogP contribution is -2.31. The minimum absolute atomic E-state index is 0. The second-order valence-electron chi connectivity index (χ2n) is 5.09. The van der Waals surface area contributed by atoms with Crippen LogP contribution < -0.4 is 5.32 Å². The Hall–Kier alpha value is -1.09. The van der Waals surface area contributed by atoms with Crippen LogP contribution >= 0.6 is 24.0 Å². The van der Waals surface area contributed by atoms with Crippen molar-refractivity contribution in [2.45, 2.75) is 12.8 Å². The number of benzene rings is 2. The molecule has 3 rings (SSSR count). The molecule has 4 heteroatoms. The van der Waals surface area contributed by atoms with E-state index in [1.54, 1.807) is 0 Å². The Balaban J connectivity index is 0.00000147. The van der Waals surface area contributed by atoms with Crippen molar-refractivity contribution in [3.05, 3.63) is 47.0 Å². The average molecular weight is 310 g/mol. The zero-order valence-electron chi connectivity index (χ0n) is 11.1. The van der Waals surface area contributed by atoms with Crippen LogP contribution in [-0.4, -0.2) is 18.9 Å². The molecule has 0 unspecified atom stereocenters. The van der Waals surface area contributed by atoms with Gasteiger partial charge in [0, 0.05) is 16.5 Å². The van der Waals surface area contributed by atoms with Crippen LogP contribution in [0.3, 0.4) is 0 Å². The number of nitrogens with one attached hydrogen (secondary N) is 1. The molecule has 0 amide bonds. The van der Waals surface area contributed by atoms with Crippen molar-refractivity contribution in [2.24, 2.45) is 5.92 Å². The van der Waals surface area contributed by atoms with Gasteiger partial charge in [-0.1, -0.05) is 29.8 Å². The van der Waals surface area contributed by atoms with Crippen molar-refractivity contribution >= 4 is 40.6 Å². The van der Waals surface area contributed by atoms with Gasteiger partial charge in [-0.15, -0.1) is 12.4 Å². The third-order valence-electron chi connectivity index (χ3n) is 3.80. The summed E-state index contributed by atoms with van der Waals surface area (Å²) < 4.78 is 0. The molecule has 1 heterocycles. The molecule has 0 atom stereocenters. The zero-order chi connectivity index (χ0) is 13.2. The normalized spacial score (nSPS) is 15.8. The third-order valence-corrected chi connectivity index (χ3v) is 4.03. The SMILES string of the molecule is Cl.O=C(c1ccc2cc(Cl)ccc2c1)C1CCNCC1. The van der Waals surface area contributed by atoms with Crippen LogP contribution in [0.15, 0.2) is 36.4 Å². The van der Waals surface area contributed by atoms with Gasteiger partial charge in [-0.25, -0.2) is 0 Å². The number of rotatable bonds is 2. The molecule has 1 fully saturated rings. The Morgan fingerprint density at radius 3 is 2.45 bits per heavy atom. The summed E-state index contributed by atoms with van der Waals surface area (Å²) in [7, 11) is 0. The van der Waals surface area contributed by atoms with E-state index in [9.17, 15) is 4.79 Å². The predicted octanol–water partition coefficient (Wildman–Crippen LogP) is 4.10. The van der Waals surface area contributed by atoms with Crippen molar-refractivity contribution in [1.29, 1.82) is 0 Å². The number of carbonyl (C=O) groups is 1. The van der Waals surface area contributed by atoms with Crippen molar-refractivity contribution in [2.75, 3.05) is 13.1 Å². The number of Topliss-reactive ketones (excluding diaryl/α,β-unsaturated/α-hetero) is 1. The minimum Gasteiger partial charge on any atom is -0.317 e. The third kappa shape index (κ3) is 3.14. The van der Waals surface area contributed by atoms with Crippen LogP contribution in [0, 0.1) is 5.92 Å². The molecule has 1 aliphatic rings. The van der Waals surface area contributed by atoms with E-state index >= 15 is 0 Å². The van der Waals surface area contributed by atoms with E-state index in [-0.39, 0.29) is 24.1 Å². The van der Waals surface area contributed by atoms with Crippen molar-refractivity contribution < 1.29 is 4.79 Å². The predicted molar refractivity (Wildman–Crippen MR) is 86.1 cm³/mol. The molecule has 0 spiro atoms. The molecule has 2 nitrogen and oxygen atoms in total. The largest absolute Gasteiger partial charge is 0.317 e. The van der Waals surface area contributed by atoms with Gasteiger partial charge < -0.3 is 5.32 Å². The first-order valence-corrected chi connectivity index (χ1v) is 7.06. The van der Waals surface area contributed by atoms with E-state index in [2.05, 4.69) is 5.32 Å². The summed E-state index contributed by atoms with van der Waals surface area (Å²) in [4.78, 5) is 12.5. The van der Waals surface area contributed by atoms with E-state index in [1.165, 1.54) is 0 Å². The van der Waals surface area contributed by atoms with E-state index in [1.807, 2.05) is 36.4 Å². The first-order valence-electron chi connectivity index (χ1n) is 6.68. The second-order valence-corrected chi connectivity index (χ2v) is 5.53. The molecule has 0 bridgehead atoms. The van der Waals surface area contributed by atoms with Gasteiger partial charge in [0.2, 0.25) is 0 Å². The van der Waals surface area contributed by atoms with Crippen LogP contribution in [0.2, 0.25) is 5.02 Å². The molecule has 0 aromatic heterocycles. The standard InChI is InChI=1S/C16H16ClNO.ClH/c17-15-4-3-12-9-14(2-1-13(12)10-15)16(19)11-5-7-18-8-6-11;/h1-4,9-11,18H,5-8H2;1H. The Labute approximate surface area is 129 Å². The number of hydrogen-bond donors (Lipinski definition) is 1. The molecular formula is C16H17Cl2NO. The van der Waals surface area contributed by atoms with Crippen molar-refractivity contribution in [1.82, 2.24) is 5.32 Å². The molecule has 20 heavy (non-hydrogen) atoms. The maximum atomic E-state index is 12.5. The maximum absolute atomic E-state index is 12.5. The number of piperidine rings is 1. The molecule has 0 aliphatic carbocycles. The Kier molecular flexibility index (Phi) is 5.03. The highest BCUT2D eigenvalue weighted by Gasteiger charge is 2.22. The van der Waals surface area contributed by atoms with E-state index in [0.29, 0.717) is 0 Å². The molecule has 0 radical (unpaired) electrons. The molecule has 2 aromatic rings. The zero-order valence-corrected chi connectivity index (χ0v) is 12.6. The van der Waals surface area contributed by atoms with Crippen molar-refractivity contribution in [3.63, 3.8) is 0 Å². The lowest BCUT2D eigenvalue weighted by atomic mass is 9.89. The van der Waals surface area contributed by atoms with Gasteiger partial charge in [0.15, 0.2) is 5.78 Å². The summed E-state index contributed by atoms with van der Waals surface area (Å²) in [6.07, 6.45) is 1.88. The summed E-state index contributed by atoms with van der Waals surface area (Å²) in [5.41, 5.74) is 0.821. The van der Waals surface area contributed by atoms with Crippen LogP contribution in [0.5, 0.6) is 0 Å². The van der Waals surface area contributed by atoms with Crippen LogP contribution in [0.4, 0.5) is 0 Å². The number of hydrogen-bond acceptors (Lipinski definition) is 2. The molecule has 0 saturated carbocycles. The minimum atomic E-state index is 0. The molecular weight excluding hydrogens is 293 g/mol. The summed E-state index contributed by atoms with van der Waals surface area (Å²) in [6, 6.07) is 11.6. The van der Waals surface area contributed by atoms with E-state index in [0.717, 1.165) is 47.3 Å². The Bertz CT molecular complexity index is 621. The fraction of sp³-hybridized carbons (Fsp3) is 0.312. The molecule has 2 aromatic carbocycles. The topological polar surface area (TPSA) is 29.1 Å². The molecule has 1 N–H and O–H groups in total. The fourth-order valence-electron chi connectivity index (χ4n) is 2.69. The van der Waals surface area contributed by atoms with E-state index in [4.69, 9.17) is 11.6 Å². The number of fused-ring (bicyclic) bond motifs is 1. The lowest BCUT2D eigenvalue weighted by Gasteiger charge is -2.21. The fourth-order valence-corrected chi connectivity index (χ4v) is 2.87. The van der Waals surface area contributed by atoms with Gasteiger partial charge in [0.25, 0.3) is 0 Å². The summed E-state index contributed by atoms with van der Waals surface area (Å²) in [5, 5.41) is 6.17. The van der Waals surface area contributed by atoms with Gasteiger partial charge in [0.05, 0.1) is 0 Å². The molecule has 1 saturated heterocycles. The average Bonchev–Trinajstić information content (AvgIpc) is 2.47. The first kappa shape index (κ1) is 15.3.